The average molecular weight is 287 g/mol. The highest BCUT2D eigenvalue weighted by Gasteiger charge is 2.31. The summed E-state index contributed by atoms with van der Waals surface area (Å²) in [4.78, 5) is 30.2. The lowest BCUT2D eigenvalue weighted by molar-refractivity contribution is 0.0689. The van der Waals surface area contributed by atoms with Crippen LogP contribution in [0.4, 0.5) is 0 Å². The summed E-state index contributed by atoms with van der Waals surface area (Å²) in [5.41, 5.74) is -0.0159. The molecule has 3 aliphatic rings. The molecule has 0 aliphatic heterocycles. The van der Waals surface area contributed by atoms with Crippen LogP contribution in [0.5, 0.6) is 0 Å². The number of aromatic carboxylic acids is 1. The monoisotopic (exact) mass is 287 g/mol. The van der Waals surface area contributed by atoms with Crippen molar-refractivity contribution in [2.45, 2.75) is 19.3 Å². The maximum atomic E-state index is 12.0. The van der Waals surface area contributed by atoms with Gasteiger partial charge in [0.2, 0.25) is 0 Å². The summed E-state index contributed by atoms with van der Waals surface area (Å²) in [6.45, 7) is 0.632. The fraction of sp³-hybridized carbons (Fsp3) is 0.467. The van der Waals surface area contributed by atoms with Crippen LogP contribution < -0.4 is 5.32 Å². The number of hydrogen-bond acceptors (Lipinski definition) is 4. The van der Waals surface area contributed by atoms with E-state index in [0.29, 0.717) is 24.3 Å². The fourth-order valence-electron chi connectivity index (χ4n) is 3.16. The highest BCUT2D eigenvalue weighted by atomic mass is 16.4. The molecule has 2 bridgehead atoms. The van der Waals surface area contributed by atoms with Gasteiger partial charge in [-0.15, -0.1) is 0 Å². The maximum Gasteiger partial charge on any atom is 0.356 e. The Balaban J connectivity index is 1.57. The summed E-state index contributed by atoms with van der Waals surface area (Å²) >= 11 is 0. The SMILES string of the molecule is O=C(O)c1cnc(C(=O)NCC2CC3C=CC2CC3)cn1. The summed E-state index contributed by atoms with van der Waals surface area (Å²) in [5.74, 6) is 0.260. The van der Waals surface area contributed by atoms with Gasteiger partial charge >= 0.3 is 5.97 Å². The minimum atomic E-state index is -1.15. The second kappa shape index (κ2) is 5.63. The van der Waals surface area contributed by atoms with E-state index in [-0.39, 0.29) is 17.3 Å². The minimum absolute atomic E-state index is 0.150. The summed E-state index contributed by atoms with van der Waals surface area (Å²) in [6, 6.07) is 0. The number of fused-ring (bicyclic) bond motifs is 2. The number of rotatable bonds is 4. The fourth-order valence-corrected chi connectivity index (χ4v) is 3.16. The topological polar surface area (TPSA) is 92.2 Å². The summed E-state index contributed by atoms with van der Waals surface area (Å²) in [6.07, 6.45) is 10.5. The van der Waals surface area contributed by atoms with Crippen molar-refractivity contribution in [3.8, 4) is 0 Å². The third-order valence-electron chi connectivity index (χ3n) is 4.34. The first-order valence-corrected chi connectivity index (χ1v) is 7.15. The summed E-state index contributed by atoms with van der Waals surface area (Å²) < 4.78 is 0. The van der Waals surface area contributed by atoms with E-state index in [1.54, 1.807) is 0 Å². The molecule has 1 amide bonds. The first-order valence-electron chi connectivity index (χ1n) is 7.15. The Kier molecular flexibility index (Phi) is 3.68. The Morgan fingerprint density at radius 2 is 1.95 bits per heavy atom. The highest BCUT2D eigenvalue weighted by Crippen LogP contribution is 2.39. The lowest BCUT2D eigenvalue weighted by Crippen LogP contribution is -2.37. The van der Waals surface area contributed by atoms with Crippen LogP contribution in [0.25, 0.3) is 0 Å². The molecular formula is C15H17N3O3. The number of carbonyl (C=O) groups excluding carboxylic acids is 1. The van der Waals surface area contributed by atoms with Crippen molar-refractivity contribution in [1.82, 2.24) is 15.3 Å². The van der Waals surface area contributed by atoms with Crippen molar-refractivity contribution in [1.29, 1.82) is 0 Å². The van der Waals surface area contributed by atoms with Crippen molar-refractivity contribution in [3.63, 3.8) is 0 Å². The van der Waals surface area contributed by atoms with E-state index in [4.69, 9.17) is 5.11 Å². The van der Waals surface area contributed by atoms with Crippen LogP contribution in [0.1, 0.15) is 40.2 Å². The molecule has 3 aliphatic carbocycles. The molecule has 6 heteroatoms. The summed E-state index contributed by atoms with van der Waals surface area (Å²) in [7, 11) is 0. The van der Waals surface area contributed by atoms with Crippen LogP contribution in [0.3, 0.4) is 0 Å². The number of carboxylic acids is 1. The van der Waals surface area contributed by atoms with Crippen LogP contribution in [-0.4, -0.2) is 33.5 Å². The van der Waals surface area contributed by atoms with E-state index in [1.165, 1.54) is 19.0 Å². The first-order chi connectivity index (χ1) is 10.1. The third-order valence-corrected chi connectivity index (χ3v) is 4.34. The van der Waals surface area contributed by atoms with E-state index in [9.17, 15) is 9.59 Å². The second-order valence-corrected chi connectivity index (χ2v) is 5.68. The largest absolute Gasteiger partial charge is 0.476 e. The molecule has 0 saturated heterocycles. The van der Waals surface area contributed by atoms with Gasteiger partial charge in [0.25, 0.3) is 5.91 Å². The van der Waals surface area contributed by atoms with Gasteiger partial charge in [0.05, 0.1) is 12.4 Å². The Hall–Kier alpha value is -2.24. The number of allylic oxidation sites excluding steroid dienone is 2. The smallest absolute Gasteiger partial charge is 0.356 e. The zero-order valence-corrected chi connectivity index (χ0v) is 11.5. The van der Waals surface area contributed by atoms with E-state index in [0.717, 1.165) is 12.6 Å². The molecule has 0 radical (unpaired) electrons. The van der Waals surface area contributed by atoms with Crippen LogP contribution in [0.2, 0.25) is 0 Å². The Bertz CT molecular complexity index is 582. The van der Waals surface area contributed by atoms with Crippen LogP contribution in [0.15, 0.2) is 24.5 Å². The molecule has 1 heterocycles. The normalized spacial score (nSPS) is 26.6. The number of hydrogen-bond donors (Lipinski definition) is 2. The molecule has 3 unspecified atom stereocenters. The Morgan fingerprint density at radius 1 is 1.19 bits per heavy atom. The van der Waals surface area contributed by atoms with Gasteiger partial charge in [-0.25, -0.2) is 14.8 Å². The highest BCUT2D eigenvalue weighted by molar-refractivity contribution is 5.92. The zero-order chi connectivity index (χ0) is 14.8. The quantitative estimate of drug-likeness (QED) is 0.819. The molecule has 3 atom stereocenters. The first kappa shape index (κ1) is 13.7. The molecule has 110 valence electrons. The maximum absolute atomic E-state index is 12.0. The average Bonchev–Trinajstić information content (AvgIpc) is 2.54. The number of amides is 1. The number of nitrogens with zero attached hydrogens (tertiary/aromatic N) is 2. The summed E-state index contributed by atoms with van der Waals surface area (Å²) in [5, 5.41) is 11.6. The molecule has 1 aromatic heterocycles. The van der Waals surface area contributed by atoms with Crippen molar-refractivity contribution in [2.75, 3.05) is 6.54 Å². The van der Waals surface area contributed by atoms with E-state index < -0.39 is 5.97 Å². The molecule has 0 aromatic carbocycles. The van der Waals surface area contributed by atoms with Crippen LogP contribution in [0, 0.1) is 17.8 Å². The van der Waals surface area contributed by atoms with Gasteiger partial charge in [-0.2, -0.15) is 0 Å². The number of carbonyl (C=O) groups is 2. The minimum Gasteiger partial charge on any atom is -0.476 e. The van der Waals surface area contributed by atoms with Gasteiger partial charge < -0.3 is 10.4 Å². The lowest BCUT2D eigenvalue weighted by Gasteiger charge is -2.38. The lowest BCUT2D eigenvalue weighted by atomic mass is 9.69. The van der Waals surface area contributed by atoms with Gasteiger partial charge in [-0.05, 0) is 37.0 Å². The number of carboxylic acid groups (broad SMARTS) is 1. The Morgan fingerprint density at radius 3 is 2.48 bits per heavy atom. The van der Waals surface area contributed by atoms with Crippen LogP contribution in [-0.2, 0) is 0 Å². The molecule has 0 spiro atoms. The molecule has 2 N–H and O–H groups in total. The van der Waals surface area contributed by atoms with Gasteiger partial charge in [0.15, 0.2) is 5.69 Å². The van der Waals surface area contributed by atoms with Crippen molar-refractivity contribution < 1.29 is 14.7 Å². The zero-order valence-electron chi connectivity index (χ0n) is 11.5. The van der Waals surface area contributed by atoms with Gasteiger partial charge in [-0.1, -0.05) is 12.2 Å². The predicted octanol–water partition coefficient (Wildman–Crippen LogP) is 1.51. The van der Waals surface area contributed by atoms with Gasteiger partial charge in [0.1, 0.15) is 5.69 Å². The number of aromatic nitrogens is 2. The van der Waals surface area contributed by atoms with Gasteiger partial charge in [-0.3, -0.25) is 4.79 Å². The van der Waals surface area contributed by atoms with E-state index >= 15 is 0 Å². The van der Waals surface area contributed by atoms with Crippen molar-refractivity contribution >= 4 is 11.9 Å². The standard InChI is InChI=1S/C15H17N3O3/c19-14(12-7-17-13(8-16-12)15(20)21)18-6-11-5-9-1-3-10(11)4-2-9/h1,3,7-11H,2,4-6H2,(H,18,19)(H,20,21). The van der Waals surface area contributed by atoms with E-state index in [2.05, 4.69) is 27.4 Å². The van der Waals surface area contributed by atoms with E-state index in [1.807, 2.05) is 0 Å². The number of nitrogens with one attached hydrogen (secondary N) is 1. The molecule has 1 aromatic rings. The molecular weight excluding hydrogens is 270 g/mol. The second-order valence-electron chi connectivity index (χ2n) is 5.68. The van der Waals surface area contributed by atoms with Gasteiger partial charge in [0, 0.05) is 6.54 Å². The van der Waals surface area contributed by atoms with Crippen LogP contribution >= 0.6 is 0 Å². The van der Waals surface area contributed by atoms with Crippen molar-refractivity contribution in [3.05, 3.63) is 35.9 Å². The molecule has 6 nitrogen and oxygen atoms in total. The molecule has 4 rings (SSSR count). The third kappa shape index (κ3) is 2.94. The molecule has 1 fully saturated rings. The van der Waals surface area contributed by atoms with Crippen molar-refractivity contribution in [2.24, 2.45) is 17.8 Å². The Labute approximate surface area is 122 Å². The molecule has 1 saturated carbocycles. The predicted molar refractivity (Wildman–Crippen MR) is 74.8 cm³/mol. The molecule has 21 heavy (non-hydrogen) atoms.